The lowest BCUT2D eigenvalue weighted by Gasteiger charge is -2.15. The molecule has 1 aromatic rings. The van der Waals surface area contributed by atoms with Crippen LogP contribution in [0, 0.1) is 0 Å². The van der Waals surface area contributed by atoms with Crippen molar-refractivity contribution in [2.45, 2.75) is 38.6 Å². The number of rotatable bonds is 5. The topological polar surface area (TPSA) is 47.6 Å². The minimum atomic E-state index is -0.111. The van der Waals surface area contributed by atoms with E-state index in [-0.39, 0.29) is 11.9 Å². The van der Waals surface area contributed by atoms with Crippen LogP contribution in [0.15, 0.2) is 12.1 Å². The first-order valence-corrected chi connectivity index (χ1v) is 7.34. The predicted octanol–water partition coefficient (Wildman–Crippen LogP) is 3.42. The van der Waals surface area contributed by atoms with Crippen molar-refractivity contribution in [1.82, 2.24) is 5.32 Å². The van der Waals surface area contributed by atoms with E-state index >= 15 is 0 Å². The Labute approximate surface area is 124 Å². The Bertz CT molecular complexity index is 484. The van der Waals surface area contributed by atoms with Crippen molar-refractivity contribution in [2.75, 3.05) is 13.7 Å². The Kier molecular flexibility index (Phi) is 5.12. The fourth-order valence-electron chi connectivity index (χ4n) is 2.47. The molecule has 110 valence electrons. The average molecular weight is 298 g/mol. The van der Waals surface area contributed by atoms with Gasteiger partial charge in [-0.2, -0.15) is 0 Å². The van der Waals surface area contributed by atoms with Crippen LogP contribution in [0.25, 0.3) is 0 Å². The number of methoxy groups -OCH3 is 1. The third-order valence-electron chi connectivity index (χ3n) is 3.47. The standard InChI is InChI=1S/C15H20ClNO3/c1-3-20-14-12(16)8-10(9-13(14)19-2)15(18)17-11-6-4-5-7-11/h8-9,11H,3-7H2,1-2H3,(H,17,18). The Morgan fingerprint density at radius 3 is 2.70 bits per heavy atom. The van der Waals surface area contributed by atoms with Crippen LogP contribution >= 0.6 is 11.6 Å². The summed E-state index contributed by atoms with van der Waals surface area (Å²) in [5, 5.41) is 3.42. The normalized spacial score (nSPS) is 15.2. The quantitative estimate of drug-likeness (QED) is 0.906. The lowest BCUT2D eigenvalue weighted by molar-refractivity contribution is 0.0937. The van der Waals surface area contributed by atoms with Gasteiger partial charge < -0.3 is 14.8 Å². The number of nitrogens with one attached hydrogen (secondary N) is 1. The third kappa shape index (κ3) is 3.37. The lowest BCUT2D eigenvalue weighted by Crippen LogP contribution is -2.32. The highest BCUT2D eigenvalue weighted by molar-refractivity contribution is 6.32. The molecular formula is C15H20ClNO3. The molecular weight excluding hydrogens is 278 g/mol. The highest BCUT2D eigenvalue weighted by Crippen LogP contribution is 2.36. The molecule has 0 heterocycles. The van der Waals surface area contributed by atoms with Crippen LogP contribution in [0.3, 0.4) is 0 Å². The van der Waals surface area contributed by atoms with Gasteiger partial charge in [0.2, 0.25) is 0 Å². The fraction of sp³-hybridized carbons (Fsp3) is 0.533. The zero-order valence-electron chi connectivity index (χ0n) is 11.9. The number of carbonyl (C=O) groups excluding carboxylic acids is 1. The first-order valence-electron chi connectivity index (χ1n) is 6.97. The van der Waals surface area contributed by atoms with Crippen LogP contribution in [0.2, 0.25) is 5.02 Å². The Morgan fingerprint density at radius 1 is 1.40 bits per heavy atom. The maximum absolute atomic E-state index is 12.2. The zero-order chi connectivity index (χ0) is 14.5. The molecule has 0 unspecified atom stereocenters. The van der Waals surface area contributed by atoms with Gasteiger partial charge in [-0.3, -0.25) is 4.79 Å². The molecule has 2 rings (SSSR count). The van der Waals surface area contributed by atoms with E-state index < -0.39 is 0 Å². The predicted molar refractivity (Wildman–Crippen MR) is 78.9 cm³/mol. The van der Waals surface area contributed by atoms with Gasteiger partial charge in [0.1, 0.15) is 0 Å². The smallest absolute Gasteiger partial charge is 0.251 e. The van der Waals surface area contributed by atoms with E-state index in [2.05, 4.69) is 5.32 Å². The molecule has 0 bridgehead atoms. The molecule has 1 aliphatic carbocycles. The van der Waals surface area contributed by atoms with Gasteiger partial charge in [-0.25, -0.2) is 0 Å². The van der Waals surface area contributed by atoms with E-state index in [9.17, 15) is 4.79 Å². The van der Waals surface area contributed by atoms with Crippen LogP contribution < -0.4 is 14.8 Å². The molecule has 1 aromatic carbocycles. The van der Waals surface area contributed by atoms with E-state index in [4.69, 9.17) is 21.1 Å². The second-order valence-corrected chi connectivity index (χ2v) is 5.28. The summed E-state index contributed by atoms with van der Waals surface area (Å²) in [6.07, 6.45) is 4.46. The SMILES string of the molecule is CCOc1c(Cl)cc(C(=O)NC2CCCC2)cc1OC. The Morgan fingerprint density at radius 2 is 2.10 bits per heavy atom. The third-order valence-corrected chi connectivity index (χ3v) is 3.75. The molecule has 0 aliphatic heterocycles. The number of hydrogen-bond donors (Lipinski definition) is 1. The molecule has 5 heteroatoms. The molecule has 4 nitrogen and oxygen atoms in total. The highest BCUT2D eigenvalue weighted by atomic mass is 35.5. The molecule has 1 fully saturated rings. The number of benzene rings is 1. The zero-order valence-corrected chi connectivity index (χ0v) is 12.6. The van der Waals surface area contributed by atoms with Crippen molar-refractivity contribution >= 4 is 17.5 Å². The second-order valence-electron chi connectivity index (χ2n) is 4.88. The summed E-state index contributed by atoms with van der Waals surface area (Å²) in [4.78, 5) is 12.2. The van der Waals surface area contributed by atoms with Gasteiger partial charge in [0.15, 0.2) is 11.5 Å². The van der Waals surface area contributed by atoms with Gasteiger partial charge in [0.05, 0.1) is 18.7 Å². The molecule has 20 heavy (non-hydrogen) atoms. The van der Waals surface area contributed by atoms with Gasteiger partial charge in [0, 0.05) is 11.6 Å². The summed E-state index contributed by atoms with van der Waals surface area (Å²) >= 11 is 6.17. The van der Waals surface area contributed by atoms with Crippen LogP contribution in [0.5, 0.6) is 11.5 Å². The summed E-state index contributed by atoms with van der Waals surface area (Å²) < 4.78 is 10.7. The van der Waals surface area contributed by atoms with Crippen molar-refractivity contribution in [2.24, 2.45) is 0 Å². The Balaban J connectivity index is 2.18. The number of amides is 1. The summed E-state index contributed by atoms with van der Waals surface area (Å²) in [7, 11) is 1.53. The van der Waals surface area contributed by atoms with Gasteiger partial charge in [-0.15, -0.1) is 0 Å². The molecule has 0 radical (unpaired) electrons. The van der Waals surface area contributed by atoms with Crippen molar-refractivity contribution in [3.63, 3.8) is 0 Å². The monoisotopic (exact) mass is 297 g/mol. The summed E-state index contributed by atoms with van der Waals surface area (Å²) in [6.45, 7) is 2.36. The van der Waals surface area contributed by atoms with Crippen LogP contribution in [-0.2, 0) is 0 Å². The molecule has 0 atom stereocenters. The maximum Gasteiger partial charge on any atom is 0.251 e. The molecule has 1 aliphatic rings. The minimum Gasteiger partial charge on any atom is -0.493 e. The second kappa shape index (κ2) is 6.84. The van der Waals surface area contributed by atoms with Gasteiger partial charge in [0.25, 0.3) is 5.91 Å². The summed E-state index contributed by atoms with van der Waals surface area (Å²) in [5.74, 6) is 0.852. The van der Waals surface area contributed by atoms with E-state index in [0.29, 0.717) is 28.7 Å². The van der Waals surface area contributed by atoms with Crippen LogP contribution in [0.1, 0.15) is 43.0 Å². The molecule has 0 aromatic heterocycles. The van der Waals surface area contributed by atoms with E-state index in [1.54, 1.807) is 12.1 Å². The van der Waals surface area contributed by atoms with Crippen LogP contribution in [0.4, 0.5) is 0 Å². The summed E-state index contributed by atoms with van der Waals surface area (Å²) in [6, 6.07) is 3.57. The largest absolute Gasteiger partial charge is 0.493 e. The van der Waals surface area contributed by atoms with E-state index in [1.165, 1.54) is 20.0 Å². The number of hydrogen-bond acceptors (Lipinski definition) is 3. The molecule has 1 amide bonds. The molecule has 0 saturated heterocycles. The lowest BCUT2D eigenvalue weighted by atomic mass is 10.1. The van der Waals surface area contributed by atoms with Crippen molar-refractivity contribution in [3.8, 4) is 11.5 Å². The molecule has 1 N–H and O–H groups in total. The average Bonchev–Trinajstić information content (AvgIpc) is 2.93. The van der Waals surface area contributed by atoms with Gasteiger partial charge in [-0.05, 0) is 31.9 Å². The van der Waals surface area contributed by atoms with Crippen LogP contribution in [-0.4, -0.2) is 25.7 Å². The van der Waals surface area contributed by atoms with Crippen molar-refractivity contribution < 1.29 is 14.3 Å². The number of carbonyl (C=O) groups is 1. The number of ether oxygens (including phenoxy) is 2. The van der Waals surface area contributed by atoms with E-state index in [1.807, 2.05) is 6.92 Å². The first-order chi connectivity index (χ1) is 9.65. The van der Waals surface area contributed by atoms with Crippen molar-refractivity contribution in [1.29, 1.82) is 0 Å². The molecule has 1 saturated carbocycles. The van der Waals surface area contributed by atoms with Gasteiger partial charge in [-0.1, -0.05) is 24.4 Å². The maximum atomic E-state index is 12.2. The van der Waals surface area contributed by atoms with Gasteiger partial charge >= 0.3 is 0 Å². The first kappa shape index (κ1) is 15.0. The van der Waals surface area contributed by atoms with Crippen molar-refractivity contribution in [3.05, 3.63) is 22.7 Å². The van der Waals surface area contributed by atoms with E-state index in [0.717, 1.165) is 12.8 Å². The Hall–Kier alpha value is -1.42. The highest BCUT2D eigenvalue weighted by Gasteiger charge is 2.20. The fourth-order valence-corrected chi connectivity index (χ4v) is 2.74. The minimum absolute atomic E-state index is 0.111. The number of halogens is 1. The molecule has 0 spiro atoms. The summed E-state index contributed by atoms with van der Waals surface area (Å²) in [5.41, 5.74) is 0.502.